The van der Waals surface area contributed by atoms with Crippen LogP contribution in [0.4, 0.5) is 0 Å². The Hall–Kier alpha value is -0.340. The van der Waals surface area contributed by atoms with E-state index in [1.165, 1.54) is 0 Å². The summed E-state index contributed by atoms with van der Waals surface area (Å²) in [5, 5.41) is 18.1. The predicted molar refractivity (Wildman–Crippen MR) is 55.4 cm³/mol. The molecule has 0 aliphatic rings. The fourth-order valence-electron chi connectivity index (χ4n) is 1.21. The van der Waals surface area contributed by atoms with E-state index in [1.807, 2.05) is 6.08 Å². The highest BCUT2D eigenvalue weighted by Gasteiger charge is 2.04. The van der Waals surface area contributed by atoms with Gasteiger partial charge in [-0.15, -0.1) is 0 Å². The summed E-state index contributed by atoms with van der Waals surface area (Å²) in [5.41, 5.74) is 0.787. The Bertz CT molecular complexity index is 139. The number of hydrogen-bond acceptors (Lipinski definition) is 2. The maximum absolute atomic E-state index is 9.03. The molecule has 0 fully saturated rings. The van der Waals surface area contributed by atoms with Crippen LogP contribution in [0.15, 0.2) is 11.6 Å². The molecule has 2 nitrogen and oxygen atoms in total. The first-order valence-electron chi connectivity index (χ1n) is 5.27. The highest BCUT2D eigenvalue weighted by atomic mass is 16.5. The zero-order valence-electron chi connectivity index (χ0n) is 8.79. The van der Waals surface area contributed by atoms with Crippen molar-refractivity contribution in [2.75, 3.05) is 0 Å². The maximum atomic E-state index is 9.03. The van der Waals surface area contributed by atoms with Gasteiger partial charge in [0, 0.05) is 0 Å². The first-order chi connectivity index (χ1) is 6.22. The van der Waals surface area contributed by atoms with Crippen LogP contribution in [0.3, 0.4) is 0 Å². The van der Waals surface area contributed by atoms with E-state index >= 15 is 0 Å². The Morgan fingerprint density at radius 2 is 1.77 bits per heavy atom. The van der Waals surface area contributed by atoms with Gasteiger partial charge < -0.3 is 10.2 Å². The molecule has 78 valence electrons. The lowest BCUT2D eigenvalue weighted by Crippen LogP contribution is -2.08. The van der Waals surface area contributed by atoms with Crippen LogP contribution >= 0.6 is 0 Å². The van der Waals surface area contributed by atoms with Gasteiger partial charge in [0.15, 0.2) is 6.29 Å². The maximum Gasteiger partial charge on any atom is 0.174 e. The summed E-state index contributed by atoms with van der Waals surface area (Å²) in [6, 6.07) is 0. The summed E-state index contributed by atoms with van der Waals surface area (Å²) in [5.74, 6) is 0. The summed E-state index contributed by atoms with van der Waals surface area (Å²) in [6.45, 7) is 4.24. The highest BCUT2D eigenvalue weighted by molar-refractivity contribution is 5.04. The topological polar surface area (TPSA) is 40.5 Å². The molecular formula is C11H22O2. The Morgan fingerprint density at radius 3 is 2.23 bits per heavy atom. The summed E-state index contributed by atoms with van der Waals surface area (Å²) >= 11 is 0. The Morgan fingerprint density at radius 1 is 1.15 bits per heavy atom. The second kappa shape index (κ2) is 8.27. The lowest BCUT2D eigenvalue weighted by Gasteiger charge is -2.08. The van der Waals surface area contributed by atoms with Gasteiger partial charge in [0.2, 0.25) is 0 Å². The van der Waals surface area contributed by atoms with Crippen LogP contribution in [-0.4, -0.2) is 16.5 Å². The summed E-state index contributed by atoms with van der Waals surface area (Å²) in [4.78, 5) is 0. The third-order valence-corrected chi connectivity index (χ3v) is 2.11. The van der Waals surface area contributed by atoms with E-state index in [0.717, 1.165) is 44.1 Å². The van der Waals surface area contributed by atoms with Gasteiger partial charge in [-0.2, -0.15) is 0 Å². The predicted octanol–water partition coefficient (Wildman–Crippen LogP) is 2.60. The quantitative estimate of drug-likeness (QED) is 0.364. The Kier molecular flexibility index (Phi) is 8.05. The Labute approximate surface area is 81.3 Å². The molecular weight excluding hydrogens is 164 g/mol. The fourth-order valence-corrected chi connectivity index (χ4v) is 1.21. The van der Waals surface area contributed by atoms with E-state index in [4.69, 9.17) is 10.2 Å². The average Bonchev–Trinajstić information content (AvgIpc) is 2.10. The first-order valence-corrected chi connectivity index (χ1v) is 5.27. The van der Waals surface area contributed by atoms with Crippen LogP contribution in [-0.2, 0) is 0 Å². The first kappa shape index (κ1) is 12.7. The van der Waals surface area contributed by atoms with E-state index in [2.05, 4.69) is 13.8 Å². The molecule has 0 radical (unpaired) electrons. The van der Waals surface area contributed by atoms with E-state index in [-0.39, 0.29) is 0 Å². The standard InChI is InChI=1S/C11H22O2/c1-3-5-7-9-10(11(12)13)8-6-4-2/h9,11-13H,3-8H2,1-2H3. The number of hydrogen-bond donors (Lipinski definition) is 2. The monoisotopic (exact) mass is 186 g/mol. The molecule has 0 amide bonds. The van der Waals surface area contributed by atoms with E-state index in [9.17, 15) is 0 Å². The van der Waals surface area contributed by atoms with Crippen LogP contribution in [0.1, 0.15) is 52.4 Å². The molecule has 13 heavy (non-hydrogen) atoms. The zero-order valence-corrected chi connectivity index (χ0v) is 8.79. The van der Waals surface area contributed by atoms with Crippen LogP contribution in [0.5, 0.6) is 0 Å². The summed E-state index contributed by atoms with van der Waals surface area (Å²) in [6.07, 6.45) is 6.92. The van der Waals surface area contributed by atoms with Crippen LogP contribution in [0.2, 0.25) is 0 Å². The second-order valence-corrected chi connectivity index (χ2v) is 3.40. The van der Waals surface area contributed by atoms with E-state index in [0.29, 0.717) is 0 Å². The summed E-state index contributed by atoms with van der Waals surface area (Å²) < 4.78 is 0. The van der Waals surface area contributed by atoms with Crippen LogP contribution in [0.25, 0.3) is 0 Å². The second-order valence-electron chi connectivity index (χ2n) is 3.40. The van der Waals surface area contributed by atoms with Crippen LogP contribution in [0, 0.1) is 0 Å². The number of allylic oxidation sites excluding steroid dienone is 1. The van der Waals surface area contributed by atoms with Crippen molar-refractivity contribution in [1.29, 1.82) is 0 Å². The van der Waals surface area contributed by atoms with Gasteiger partial charge in [-0.25, -0.2) is 0 Å². The van der Waals surface area contributed by atoms with Crippen molar-refractivity contribution in [3.05, 3.63) is 11.6 Å². The van der Waals surface area contributed by atoms with Crippen molar-refractivity contribution in [3.63, 3.8) is 0 Å². The molecule has 0 aliphatic heterocycles. The molecule has 0 aromatic carbocycles. The fraction of sp³-hybridized carbons (Fsp3) is 0.818. The van der Waals surface area contributed by atoms with Gasteiger partial charge in [-0.1, -0.05) is 39.2 Å². The summed E-state index contributed by atoms with van der Waals surface area (Å²) in [7, 11) is 0. The highest BCUT2D eigenvalue weighted by Crippen LogP contribution is 2.12. The largest absolute Gasteiger partial charge is 0.365 e. The van der Waals surface area contributed by atoms with Gasteiger partial charge in [0.05, 0.1) is 0 Å². The number of aliphatic hydroxyl groups is 2. The lowest BCUT2D eigenvalue weighted by molar-refractivity contribution is -0.0107. The molecule has 0 heterocycles. The molecule has 0 spiro atoms. The number of aliphatic hydroxyl groups excluding tert-OH is 1. The molecule has 0 unspecified atom stereocenters. The molecule has 0 saturated heterocycles. The van der Waals surface area contributed by atoms with Gasteiger partial charge in [-0.05, 0) is 24.8 Å². The van der Waals surface area contributed by atoms with Crippen molar-refractivity contribution in [1.82, 2.24) is 0 Å². The van der Waals surface area contributed by atoms with Crippen LogP contribution < -0.4 is 0 Å². The smallest absolute Gasteiger partial charge is 0.174 e. The molecule has 0 aromatic rings. The van der Waals surface area contributed by atoms with Crippen molar-refractivity contribution in [2.45, 2.75) is 58.7 Å². The SMILES string of the molecule is CCCCC=C(CCCC)C(O)O. The zero-order chi connectivity index (χ0) is 10.1. The molecule has 2 heteroatoms. The average molecular weight is 186 g/mol. The van der Waals surface area contributed by atoms with Crippen molar-refractivity contribution < 1.29 is 10.2 Å². The van der Waals surface area contributed by atoms with Gasteiger partial charge >= 0.3 is 0 Å². The van der Waals surface area contributed by atoms with Crippen molar-refractivity contribution in [2.24, 2.45) is 0 Å². The minimum Gasteiger partial charge on any atom is -0.365 e. The number of rotatable bonds is 7. The van der Waals surface area contributed by atoms with E-state index < -0.39 is 6.29 Å². The van der Waals surface area contributed by atoms with Gasteiger partial charge in [0.25, 0.3) is 0 Å². The van der Waals surface area contributed by atoms with E-state index in [1.54, 1.807) is 0 Å². The van der Waals surface area contributed by atoms with Crippen molar-refractivity contribution >= 4 is 0 Å². The number of unbranched alkanes of at least 4 members (excludes halogenated alkanes) is 3. The molecule has 0 aliphatic carbocycles. The third kappa shape index (κ3) is 6.79. The van der Waals surface area contributed by atoms with Crippen molar-refractivity contribution in [3.8, 4) is 0 Å². The molecule has 0 saturated carbocycles. The molecule has 0 atom stereocenters. The molecule has 2 N–H and O–H groups in total. The minimum absolute atomic E-state index is 0.787. The molecule has 0 aromatic heterocycles. The third-order valence-electron chi connectivity index (χ3n) is 2.11. The van der Waals surface area contributed by atoms with Gasteiger partial charge in [-0.3, -0.25) is 0 Å². The lowest BCUT2D eigenvalue weighted by atomic mass is 10.1. The molecule has 0 rings (SSSR count). The Balaban J connectivity index is 3.84. The molecule has 0 bridgehead atoms. The normalized spacial score (nSPS) is 12.5. The minimum atomic E-state index is -1.25. The van der Waals surface area contributed by atoms with Gasteiger partial charge in [0.1, 0.15) is 0 Å².